The van der Waals surface area contributed by atoms with Crippen molar-refractivity contribution < 1.29 is 9.90 Å². The lowest BCUT2D eigenvalue weighted by atomic mass is 9.99. The van der Waals surface area contributed by atoms with E-state index >= 15 is 0 Å². The summed E-state index contributed by atoms with van der Waals surface area (Å²) in [5.74, 6) is -0.0518. The molecule has 1 aromatic rings. The van der Waals surface area contributed by atoms with Crippen LogP contribution in [0.25, 0.3) is 0 Å². The summed E-state index contributed by atoms with van der Waals surface area (Å²) in [6.07, 6.45) is 5.65. The van der Waals surface area contributed by atoms with Crippen LogP contribution in [0.15, 0.2) is 24.3 Å². The van der Waals surface area contributed by atoms with Crippen LogP contribution in [-0.4, -0.2) is 11.1 Å². The topological polar surface area (TPSA) is 37.3 Å². The van der Waals surface area contributed by atoms with E-state index in [4.69, 9.17) is 5.11 Å². The summed E-state index contributed by atoms with van der Waals surface area (Å²) in [5.41, 5.74) is 1.42. The standard InChI is InChI=1S/C15H22O2/c1-12(2)8-4-3-5-9-13-10-6-7-11-14(13)15(16)17/h6-7,10-12H,3-5,8-9H2,1-2H3,(H,16,17). The van der Waals surface area contributed by atoms with Crippen molar-refractivity contribution in [1.82, 2.24) is 0 Å². The Morgan fingerprint density at radius 1 is 1.18 bits per heavy atom. The van der Waals surface area contributed by atoms with Gasteiger partial charge in [-0.1, -0.05) is 51.3 Å². The smallest absolute Gasteiger partial charge is 0.335 e. The molecule has 0 spiro atoms. The molecule has 0 aromatic heterocycles. The number of hydrogen-bond acceptors (Lipinski definition) is 1. The van der Waals surface area contributed by atoms with E-state index in [1.165, 1.54) is 19.3 Å². The first kappa shape index (κ1) is 13.8. The fraction of sp³-hybridized carbons (Fsp3) is 0.533. The molecule has 0 unspecified atom stereocenters. The molecule has 0 bridgehead atoms. The van der Waals surface area contributed by atoms with Gasteiger partial charge < -0.3 is 5.11 Å². The molecular formula is C15H22O2. The maximum absolute atomic E-state index is 11.0. The van der Waals surface area contributed by atoms with Crippen molar-refractivity contribution in [3.8, 4) is 0 Å². The summed E-state index contributed by atoms with van der Waals surface area (Å²) < 4.78 is 0. The van der Waals surface area contributed by atoms with Gasteiger partial charge in [-0.3, -0.25) is 0 Å². The summed E-state index contributed by atoms with van der Waals surface area (Å²) >= 11 is 0. The Labute approximate surface area is 104 Å². The highest BCUT2D eigenvalue weighted by atomic mass is 16.4. The molecule has 2 nitrogen and oxygen atoms in total. The van der Waals surface area contributed by atoms with E-state index in [0.717, 1.165) is 24.3 Å². The lowest BCUT2D eigenvalue weighted by molar-refractivity contribution is 0.0695. The van der Waals surface area contributed by atoms with Crippen LogP contribution in [-0.2, 0) is 6.42 Å². The fourth-order valence-electron chi connectivity index (χ4n) is 1.99. The molecule has 2 heteroatoms. The van der Waals surface area contributed by atoms with Gasteiger partial charge in [-0.05, 0) is 30.4 Å². The minimum atomic E-state index is -0.817. The second-order valence-electron chi connectivity index (χ2n) is 4.96. The Balaban J connectivity index is 2.39. The molecule has 0 aliphatic heterocycles. The number of rotatable bonds is 7. The Kier molecular flexibility index (Phi) is 5.75. The van der Waals surface area contributed by atoms with Crippen LogP contribution in [0, 0.1) is 5.92 Å². The molecule has 0 saturated carbocycles. The highest BCUT2D eigenvalue weighted by Gasteiger charge is 2.07. The lowest BCUT2D eigenvalue weighted by Gasteiger charge is -2.06. The fourth-order valence-corrected chi connectivity index (χ4v) is 1.99. The van der Waals surface area contributed by atoms with Crippen molar-refractivity contribution >= 4 is 5.97 Å². The van der Waals surface area contributed by atoms with Gasteiger partial charge >= 0.3 is 5.97 Å². The average molecular weight is 234 g/mol. The van der Waals surface area contributed by atoms with Gasteiger partial charge in [0.2, 0.25) is 0 Å². The van der Waals surface area contributed by atoms with Crippen LogP contribution in [0.4, 0.5) is 0 Å². The molecule has 94 valence electrons. The van der Waals surface area contributed by atoms with E-state index in [2.05, 4.69) is 13.8 Å². The number of benzene rings is 1. The van der Waals surface area contributed by atoms with Crippen molar-refractivity contribution in [3.63, 3.8) is 0 Å². The first-order chi connectivity index (χ1) is 8.11. The molecule has 0 saturated heterocycles. The minimum absolute atomic E-state index is 0.455. The van der Waals surface area contributed by atoms with Crippen LogP contribution in [0.3, 0.4) is 0 Å². The highest BCUT2D eigenvalue weighted by Crippen LogP contribution is 2.14. The number of unbranched alkanes of at least 4 members (excludes halogenated alkanes) is 2. The van der Waals surface area contributed by atoms with Crippen LogP contribution in [0.1, 0.15) is 55.5 Å². The quantitative estimate of drug-likeness (QED) is 0.720. The largest absolute Gasteiger partial charge is 0.478 e. The zero-order valence-corrected chi connectivity index (χ0v) is 10.8. The Morgan fingerprint density at radius 3 is 2.53 bits per heavy atom. The number of carboxylic acid groups (broad SMARTS) is 1. The summed E-state index contributed by atoms with van der Waals surface area (Å²) in [5, 5.41) is 9.04. The van der Waals surface area contributed by atoms with Crippen molar-refractivity contribution in [2.75, 3.05) is 0 Å². The molecule has 1 N–H and O–H groups in total. The molecule has 0 amide bonds. The second kappa shape index (κ2) is 7.10. The molecule has 0 atom stereocenters. The van der Waals surface area contributed by atoms with E-state index in [1.54, 1.807) is 12.1 Å². The van der Waals surface area contributed by atoms with Gasteiger partial charge in [0.25, 0.3) is 0 Å². The molecule has 17 heavy (non-hydrogen) atoms. The second-order valence-corrected chi connectivity index (χ2v) is 4.96. The third-order valence-electron chi connectivity index (χ3n) is 2.98. The van der Waals surface area contributed by atoms with Gasteiger partial charge in [-0.25, -0.2) is 4.79 Å². The third kappa shape index (κ3) is 5.03. The zero-order chi connectivity index (χ0) is 12.7. The van der Waals surface area contributed by atoms with Gasteiger partial charge in [-0.2, -0.15) is 0 Å². The molecule has 1 aromatic carbocycles. The van der Waals surface area contributed by atoms with Gasteiger partial charge in [0.05, 0.1) is 5.56 Å². The number of carboxylic acids is 1. The summed E-state index contributed by atoms with van der Waals surface area (Å²) in [7, 11) is 0. The molecule has 0 heterocycles. The third-order valence-corrected chi connectivity index (χ3v) is 2.98. The minimum Gasteiger partial charge on any atom is -0.478 e. The van der Waals surface area contributed by atoms with Gasteiger partial charge in [0, 0.05) is 0 Å². The molecule has 1 rings (SSSR count). The van der Waals surface area contributed by atoms with Crippen LogP contribution >= 0.6 is 0 Å². The zero-order valence-electron chi connectivity index (χ0n) is 10.8. The molecule has 0 fully saturated rings. The van der Waals surface area contributed by atoms with Crippen LogP contribution < -0.4 is 0 Å². The molecule has 0 aliphatic carbocycles. The predicted octanol–water partition coefficient (Wildman–Crippen LogP) is 4.14. The van der Waals surface area contributed by atoms with E-state index in [-0.39, 0.29) is 0 Å². The average Bonchev–Trinajstić information content (AvgIpc) is 2.28. The van der Waals surface area contributed by atoms with E-state index in [0.29, 0.717) is 5.56 Å². The maximum Gasteiger partial charge on any atom is 0.335 e. The van der Waals surface area contributed by atoms with Crippen molar-refractivity contribution in [1.29, 1.82) is 0 Å². The molecular weight excluding hydrogens is 212 g/mol. The number of carbonyl (C=O) groups is 1. The van der Waals surface area contributed by atoms with Gasteiger partial charge in [0.15, 0.2) is 0 Å². The van der Waals surface area contributed by atoms with E-state index in [1.807, 2.05) is 12.1 Å². The summed E-state index contributed by atoms with van der Waals surface area (Å²) in [6.45, 7) is 4.47. The Hall–Kier alpha value is -1.31. The van der Waals surface area contributed by atoms with Gasteiger partial charge in [0.1, 0.15) is 0 Å². The van der Waals surface area contributed by atoms with Crippen molar-refractivity contribution in [2.45, 2.75) is 46.0 Å². The normalized spacial score (nSPS) is 10.8. The van der Waals surface area contributed by atoms with E-state index < -0.39 is 5.97 Å². The first-order valence-corrected chi connectivity index (χ1v) is 6.42. The van der Waals surface area contributed by atoms with Crippen molar-refractivity contribution in [2.24, 2.45) is 5.92 Å². The predicted molar refractivity (Wildman–Crippen MR) is 70.4 cm³/mol. The van der Waals surface area contributed by atoms with E-state index in [9.17, 15) is 4.79 Å². The Morgan fingerprint density at radius 2 is 1.88 bits per heavy atom. The SMILES string of the molecule is CC(C)CCCCCc1ccccc1C(=O)O. The first-order valence-electron chi connectivity index (χ1n) is 6.42. The van der Waals surface area contributed by atoms with Crippen LogP contribution in [0.5, 0.6) is 0 Å². The molecule has 0 radical (unpaired) electrons. The van der Waals surface area contributed by atoms with Crippen molar-refractivity contribution in [3.05, 3.63) is 35.4 Å². The monoisotopic (exact) mass is 234 g/mol. The number of aryl methyl sites for hydroxylation is 1. The van der Waals surface area contributed by atoms with Crippen LogP contribution in [0.2, 0.25) is 0 Å². The maximum atomic E-state index is 11.0. The molecule has 0 aliphatic rings. The summed E-state index contributed by atoms with van der Waals surface area (Å²) in [4.78, 5) is 11.0. The Bertz CT molecular complexity index is 356. The van der Waals surface area contributed by atoms with Gasteiger partial charge in [-0.15, -0.1) is 0 Å². The number of hydrogen-bond donors (Lipinski definition) is 1. The highest BCUT2D eigenvalue weighted by molar-refractivity contribution is 5.89. The summed E-state index contributed by atoms with van der Waals surface area (Å²) in [6, 6.07) is 7.30. The number of aromatic carboxylic acids is 1. The lowest BCUT2D eigenvalue weighted by Crippen LogP contribution is -2.02.